The van der Waals surface area contributed by atoms with Gasteiger partial charge in [-0.05, 0) is 44.2 Å². The van der Waals surface area contributed by atoms with E-state index in [1.165, 1.54) is 44.2 Å². The first kappa shape index (κ1) is 13.1. The molecule has 1 aliphatic heterocycles. The van der Waals surface area contributed by atoms with Crippen LogP contribution >= 0.6 is 0 Å². The molecule has 2 aliphatic rings. The largest absolute Gasteiger partial charge is 0.312 e. The zero-order chi connectivity index (χ0) is 13.1. The van der Waals surface area contributed by atoms with E-state index < -0.39 is 0 Å². The smallest absolute Gasteiger partial charge is 0.0475 e. The Morgan fingerprint density at radius 1 is 1.21 bits per heavy atom. The lowest BCUT2D eigenvalue weighted by Crippen LogP contribution is -2.39. The van der Waals surface area contributed by atoms with Gasteiger partial charge in [-0.25, -0.2) is 0 Å². The van der Waals surface area contributed by atoms with Crippen LogP contribution in [0.15, 0.2) is 30.3 Å². The lowest BCUT2D eigenvalue weighted by atomic mass is 10.0. The van der Waals surface area contributed by atoms with Crippen LogP contribution in [0.25, 0.3) is 0 Å². The van der Waals surface area contributed by atoms with Gasteiger partial charge in [-0.3, -0.25) is 4.90 Å². The van der Waals surface area contributed by atoms with Gasteiger partial charge in [0, 0.05) is 24.7 Å². The van der Waals surface area contributed by atoms with Crippen LogP contribution in [-0.4, -0.2) is 30.1 Å². The lowest BCUT2D eigenvalue weighted by molar-refractivity contribution is 0.172. The number of hydrogen-bond donors (Lipinski definition) is 1. The van der Waals surface area contributed by atoms with E-state index in [0.29, 0.717) is 6.04 Å². The van der Waals surface area contributed by atoms with Gasteiger partial charge in [0.2, 0.25) is 0 Å². The van der Waals surface area contributed by atoms with Crippen LogP contribution in [0.1, 0.15) is 50.6 Å². The fraction of sp³-hybridized carbons (Fsp3) is 0.647. The zero-order valence-electron chi connectivity index (χ0n) is 12.0. The summed E-state index contributed by atoms with van der Waals surface area (Å²) in [6, 6.07) is 13.2. The standard InChI is InChI=1S/C17H26N2/c1-2-16-9-6-12-19(16)17(13-18-15-10-11-15)14-7-4-3-5-8-14/h3-5,7-8,15-18H,2,6,9-13H2,1H3. The molecule has 1 aromatic carbocycles. The molecule has 0 amide bonds. The van der Waals surface area contributed by atoms with Crippen molar-refractivity contribution in [2.75, 3.05) is 13.1 Å². The Labute approximate surface area is 117 Å². The molecular formula is C17H26N2. The molecule has 2 unspecified atom stereocenters. The summed E-state index contributed by atoms with van der Waals surface area (Å²) in [5, 5.41) is 3.74. The second-order valence-corrected chi connectivity index (χ2v) is 6.05. The Bertz CT molecular complexity index is 386. The van der Waals surface area contributed by atoms with Gasteiger partial charge in [-0.2, -0.15) is 0 Å². The molecule has 1 N–H and O–H groups in total. The summed E-state index contributed by atoms with van der Waals surface area (Å²) in [4.78, 5) is 2.74. The first-order valence-electron chi connectivity index (χ1n) is 7.92. The van der Waals surface area contributed by atoms with Gasteiger partial charge in [-0.15, -0.1) is 0 Å². The molecule has 2 heteroatoms. The Hall–Kier alpha value is -0.860. The van der Waals surface area contributed by atoms with Crippen molar-refractivity contribution in [1.29, 1.82) is 0 Å². The van der Waals surface area contributed by atoms with E-state index in [9.17, 15) is 0 Å². The number of likely N-dealkylation sites (tertiary alicyclic amines) is 1. The van der Waals surface area contributed by atoms with Crippen molar-refractivity contribution in [2.45, 2.75) is 57.2 Å². The molecule has 104 valence electrons. The molecule has 2 nitrogen and oxygen atoms in total. The quantitative estimate of drug-likeness (QED) is 0.842. The van der Waals surface area contributed by atoms with Crippen LogP contribution in [0.5, 0.6) is 0 Å². The molecule has 0 aromatic heterocycles. The fourth-order valence-corrected chi connectivity index (χ4v) is 3.37. The zero-order valence-corrected chi connectivity index (χ0v) is 12.0. The summed E-state index contributed by atoms with van der Waals surface area (Å²) < 4.78 is 0. The van der Waals surface area contributed by atoms with Crippen molar-refractivity contribution in [2.24, 2.45) is 0 Å². The number of rotatable bonds is 6. The van der Waals surface area contributed by atoms with Crippen LogP contribution in [0.4, 0.5) is 0 Å². The predicted octanol–water partition coefficient (Wildman–Crippen LogP) is 3.35. The van der Waals surface area contributed by atoms with Crippen LogP contribution < -0.4 is 5.32 Å². The molecule has 2 atom stereocenters. The Morgan fingerprint density at radius 2 is 2.00 bits per heavy atom. The second kappa shape index (κ2) is 6.06. The maximum Gasteiger partial charge on any atom is 0.0475 e. The van der Waals surface area contributed by atoms with E-state index >= 15 is 0 Å². The molecule has 1 saturated carbocycles. The van der Waals surface area contributed by atoms with E-state index in [-0.39, 0.29) is 0 Å². The molecule has 0 bridgehead atoms. The van der Waals surface area contributed by atoms with Crippen LogP contribution in [0, 0.1) is 0 Å². The molecule has 0 radical (unpaired) electrons. The summed E-state index contributed by atoms with van der Waals surface area (Å²) in [6.45, 7) is 4.72. The molecule has 1 saturated heterocycles. The van der Waals surface area contributed by atoms with Crippen LogP contribution in [-0.2, 0) is 0 Å². The lowest BCUT2D eigenvalue weighted by Gasteiger charge is -2.33. The summed E-state index contributed by atoms with van der Waals surface area (Å²) >= 11 is 0. The van der Waals surface area contributed by atoms with Crippen molar-refractivity contribution < 1.29 is 0 Å². The van der Waals surface area contributed by atoms with Crippen molar-refractivity contribution >= 4 is 0 Å². The third kappa shape index (κ3) is 3.18. The maximum atomic E-state index is 3.74. The highest BCUT2D eigenvalue weighted by atomic mass is 15.2. The minimum Gasteiger partial charge on any atom is -0.312 e. The van der Waals surface area contributed by atoms with Crippen LogP contribution in [0.2, 0.25) is 0 Å². The fourth-order valence-electron chi connectivity index (χ4n) is 3.37. The van der Waals surface area contributed by atoms with E-state index in [1.807, 2.05) is 0 Å². The molecule has 2 fully saturated rings. The summed E-state index contributed by atoms with van der Waals surface area (Å²) in [5.41, 5.74) is 1.48. The number of benzene rings is 1. The minimum absolute atomic E-state index is 0.564. The first-order chi connectivity index (χ1) is 9.38. The minimum atomic E-state index is 0.564. The van der Waals surface area contributed by atoms with E-state index in [4.69, 9.17) is 0 Å². The van der Waals surface area contributed by atoms with E-state index in [2.05, 4.69) is 47.5 Å². The van der Waals surface area contributed by atoms with Gasteiger partial charge in [0.1, 0.15) is 0 Å². The Kier molecular flexibility index (Phi) is 4.19. The molecular weight excluding hydrogens is 232 g/mol. The second-order valence-electron chi connectivity index (χ2n) is 6.05. The normalized spacial score (nSPS) is 25.6. The number of nitrogens with zero attached hydrogens (tertiary/aromatic N) is 1. The first-order valence-corrected chi connectivity index (χ1v) is 7.92. The van der Waals surface area contributed by atoms with Crippen molar-refractivity contribution in [3.05, 3.63) is 35.9 Å². The highest BCUT2D eigenvalue weighted by molar-refractivity contribution is 5.20. The average Bonchev–Trinajstić information content (AvgIpc) is 3.17. The summed E-state index contributed by atoms with van der Waals surface area (Å²) in [6.07, 6.45) is 6.78. The number of nitrogens with one attached hydrogen (secondary N) is 1. The number of hydrogen-bond acceptors (Lipinski definition) is 2. The summed E-state index contributed by atoms with van der Waals surface area (Å²) in [5.74, 6) is 0. The molecule has 1 aliphatic carbocycles. The topological polar surface area (TPSA) is 15.3 Å². The van der Waals surface area contributed by atoms with Gasteiger partial charge >= 0.3 is 0 Å². The third-order valence-corrected chi connectivity index (χ3v) is 4.66. The van der Waals surface area contributed by atoms with Gasteiger partial charge in [0.25, 0.3) is 0 Å². The summed E-state index contributed by atoms with van der Waals surface area (Å²) in [7, 11) is 0. The van der Waals surface area contributed by atoms with Crippen molar-refractivity contribution in [1.82, 2.24) is 10.2 Å². The average molecular weight is 258 g/mol. The maximum absolute atomic E-state index is 3.74. The third-order valence-electron chi connectivity index (χ3n) is 4.66. The van der Waals surface area contributed by atoms with Crippen molar-refractivity contribution in [3.63, 3.8) is 0 Å². The molecule has 1 aromatic rings. The SMILES string of the molecule is CCC1CCCN1C(CNC1CC1)c1ccccc1. The van der Waals surface area contributed by atoms with Gasteiger partial charge < -0.3 is 5.32 Å². The van der Waals surface area contributed by atoms with E-state index in [1.54, 1.807) is 0 Å². The molecule has 1 heterocycles. The Balaban J connectivity index is 1.74. The predicted molar refractivity (Wildman–Crippen MR) is 80.2 cm³/mol. The molecule has 19 heavy (non-hydrogen) atoms. The van der Waals surface area contributed by atoms with Gasteiger partial charge in [0.05, 0.1) is 0 Å². The van der Waals surface area contributed by atoms with Crippen LogP contribution in [0.3, 0.4) is 0 Å². The van der Waals surface area contributed by atoms with Gasteiger partial charge in [0.15, 0.2) is 0 Å². The Morgan fingerprint density at radius 3 is 2.68 bits per heavy atom. The highest BCUT2D eigenvalue weighted by Gasteiger charge is 2.31. The van der Waals surface area contributed by atoms with Crippen molar-refractivity contribution in [3.8, 4) is 0 Å². The molecule has 3 rings (SSSR count). The molecule has 0 spiro atoms. The van der Waals surface area contributed by atoms with Gasteiger partial charge in [-0.1, -0.05) is 37.3 Å². The highest BCUT2D eigenvalue weighted by Crippen LogP contribution is 2.31. The van der Waals surface area contributed by atoms with E-state index in [0.717, 1.165) is 18.6 Å². The monoisotopic (exact) mass is 258 g/mol.